The normalized spacial score (nSPS) is 11.1. The van der Waals surface area contributed by atoms with E-state index < -0.39 is 5.60 Å². The van der Waals surface area contributed by atoms with E-state index in [1.54, 1.807) is 45.2 Å². The van der Waals surface area contributed by atoms with Crippen LogP contribution in [0.1, 0.15) is 13.8 Å². The highest BCUT2D eigenvalue weighted by atomic mass is 16.5. The molecule has 0 bridgehead atoms. The molecule has 5 heteroatoms. The first-order chi connectivity index (χ1) is 8.28. The van der Waals surface area contributed by atoms with Gasteiger partial charge in [0.15, 0.2) is 6.61 Å². The van der Waals surface area contributed by atoms with Crippen LogP contribution in [0.25, 0.3) is 0 Å². The van der Waals surface area contributed by atoms with Crippen LogP contribution in [0.4, 0.5) is 5.69 Å². The van der Waals surface area contributed by atoms with Gasteiger partial charge in [-0.3, -0.25) is 4.79 Å². The Bertz CT molecular complexity index is 396. The Labute approximate surface area is 107 Å². The molecule has 0 aliphatic carbocycles. The Morgan fingerprint density at radius 3 is 2.44 bits per heavy atom. The Morgan fingerprint density at radius 1 is 1.39 bits per heavy atom. The van der Waals surface area contributed by atoms with Crippen LogP contribution in [0.2, 0.25) is 0 Å². The number of amides is 1. The first-order valence-electron chi connectivity index (χ1n) is 5.72. The van der Waals surface area contributed by atoms with Crippen molar-refractivity contribution >= 4 is 11.6 Å². The first kappa shape index (κ1) is 14.3. The van der Waals surface area contributed by atoms with Crippen molar-refractivity contribution in [2.75, 3.05) is 25.9 Å². The molecule has 0 atom stereocenters. The minimum Gasteiger partial charge on any atom is -0.484 e. The quantitative estimate of drug-likeness (QED) is 0.763. The van der Waals surface area contributed by atoms with Gasteiger partial charge in [0.05, 0.1) is 5.60 Å². The summed E-state index contributed by atoms with van der Waals surface area (Å²) >= 11 is 0. The topological polar surface area (TPSA) is 75.8 Å². The van der Waals surface area contributed by atoms with Crippen molar-refractivity contribution in [3.63, 3.8) is 0 Å². The fourth-order valence-electron chi connectivity index (χ4n) is 1.49. The van der Waals surface area contributed by atoms with Gasteiger partial charge in [0.25, 0.3) is 5.91 Å². The van der Waals surface area contributed by atoms with Crippen LogP contribution in [-0.2, 0) is 4.79 Å². The summed E-state index contributed by atoms with van der Waals surface area (Å²) in [7, 11) is 1.63. The van der Waals surface area contributed by atoms with E-state index in [-0.39, 0.29) is 19.1 Å². The van der Waals surface area contributed by atoms with Gasteiger partial charge in [-0.2, -0.15) is 0 Å². The van der Waals surface area contributed by atoms with E-state index in [0.29, 0.717) is 11.4 Å². The number of benzene rings is 1. The van der Waals surface area contributed by atoms with Crippen molar-refractivity contribution in [2.24, 2.45) is 0 Å². The average Bonchev–Trinajstić information content (AvgIpc) is 2.25. The zero-order valence-corrected chi connectivity index (χ0v) is 11.0. The van der Waals surface area contributed by atoms with E-state index in [1.165, 1.54) is 4.90 Å². The molecule has 100 valence electrons. The third-order valence-corrected chi connectivity index (χ3v) is 2.29. The monoisotopic (exact) mass is 252 g/mol. The highest BCUT2D eigenvalue weighted by Gasteiger charge is 2.19. The summed E-state index contributed by atoms with van der Waals surface area (Å²) in [5.41, 5.74) is 5.28. The lowest BCUT2D eigenvalue weighted by molar-refractivity contribution is -0.134. The molecule has 0 spiro atoms. The van der Waals surface area contributed by atoms with Crippen LogP contribution >= 0.6 is 0 Å². The number of nitrogens with two attached hydrogens (primary N) is 1. The molecule has 0 fully saturated rings. The molecular weight excluding hydrogens is 232 g/mol. The maximum absolute atomic E-state index is 11.7. The third kappa shape index (κ3) is 5.05. The highest BCUT2D eigenvalue weighted by molar-refractivity contribution is 5.77. The van der Waals surface area contributed by atoms with Crippen LogP contribution in [-0.4, -0.2) is 41.7 Å². The molecule has 0 aliphatic rings. The largest absolute Gasteiger partial charge is 0.484 e. The van der Waals surface area contributed by atoms with Gasteiger partial charge >= 0.3 is 0 Å². The van der Waals surface area contributed by atoms with Crippen LogP contribution in [0.15, 0.2) is 24.3 Å². The fourth-order valence-corrected chi connectivity index (χ4v) is 1.49. The number of carbonyl (C=O) groups is 1. The molecule has 0 unspecified atom stereocenters. The number of nitrogen functional groups attached to an aromatic ring is 1. The molecule has 0 heterocycles. The second-order valence-electron chi connectivity index (χ2n) is 4.92. The third-order valence-electron chi connectivity index (χ3n) is 2.29. The zero-order chi connectivity index (χ0) is 13.8. The summed E-state index contributed by atoms with van der Waals surface area (Å²) in [5.74, 6) is 0.406. The predicted molar refractivity (Wildman–Crippen MR) is 70.3 cm³/mol. The molecular formula is C13H20N2O3. The Hall–Kier alpha value is -1.75. The summed E-state index contributed by atoms with van der Waals surface area (Å²) in [6.45, 7) is 3.50. The van der Waals surface area contributed by atoms with Crippen LogP contribution < -0.4 is 10.5 Å². The summed E-state index contributed by atoms with van der Waals surface area (Å²) in [6, 6.07) is 6.83. The minimum atomic E-state index is -0.911. The molecule has 0 radical (unpaired) electrons. The average molecular weight is 252 g/mol. The van der Waals surface area contributed by atoms with Crippen LogP contribution in [0.5, 0.6) is 5.75 Å². The number of hydrogen-bond acceptors (Lipinski definition) is 4. The van der Waals surface area contributed by atoms with Crippen LogP contribution in [0, 0.1) is 0 Å². The maximum atomic E-state index is 11.7. The number of hydrogen-bond donors (Lipinski definition) is 2. The number of rotatable bonds is 5. The Balaban J connectivity index is 2.43. The van der Waals surface area contributed by atoms with E-state index in [1.807, 2.05) is 0 Å². The van der Waals surface area contributed by atoms with Crippen molar-refractivity contribution in [3.05, 3.63) is 24.3 Å². The van der Waals surface area contributed by atoms with Crippen molar-refractivity contribution in [2.45, 2.75) is 19.4 Å². The molecule has 0 aromatic heterocycles. The smallest absolute Gasteiger partial charge is 0.260 e. The lowest BCUT2D eigenvalue weighted by atomic mass is 10.1. The molecule has 1 aromatic rings. The summed E-state index contributed by atoms with van der Waals surface area (Å²) in [4.78, 5) is 13.2. The SMILES string of the molecule is CN(CC(C)(C)O)C(=O)COc1ccc(N)cc1. The second kappa shape index (κ2) is 5.73. The first-order valence-corrected chi connectivity index (χ1v) is 5.72. The summed E-state index contributed by atoms with van der Waals surface area (Å²) in [6.07, 6.45) is 0. The van der Waals surface area contributed by atoms with Gasteiger partial charge in [-0.15, -0.1) is 0 Å². The lowest BCUT2D eigenvalue weighted by Gasteiger charge is -2.25. The Kier molecular flexibility index (Phi) is 4.55. The van der Waals surface area contributed by atoms with Crippen molar-refractivity contribution in [1.82, 2.24) is 4.90 Å². The number of anilines is 1. The molecule has 0 saturated carbocycles. The van der Waals surface area contributed by atoms with Crippen molar-refractivity contribution < 1.29 is 14.6 Å². The van der Waals surface area contributed by atoms with Gasteiger partial charge in [0.1, 0.15) is 5.75 Å². The minimum absolute atomic E-state index is 0.0590. The second-order valence-corrected chi connectivity index (χ2v) is 4.92. The number of likely N-dealkylation sites (N-methyl/N-ethyl adjacent to an activating group) is 1. The molecule has 1 amide bonds. The lowest BCUT2D eigenvalue weighted by Crippen LogP contribution is -2.41. The van der Waals surface area contributed by atoms with E-state index >= 15 is 0 Å². The van der Waals surface area contributed by atoms with Crippen molar-refractivity contribution in [1.29, 1.82) is 0 Å². The standard InChI is InChI=1S/C13H20N2O3/c1-13(2,17)9-15(3)12(16)8-18-11-6-4-10(14)5-7-11/h4-7,17H,8-9,14H2,1-3H3. The van der Waals surface area contributed by atoms with Crippen LogP contribution in [0.3, 0.4) is 0 Å². The van der Waals surface area contributed by atoms with Gasteiger partial charge in [0, 0.05) is 19.3 Å². The van der Waals surface area contributed by atoms with Gasteiger partial charge in [-0.25, -0.2) is 0 Å². The van der Waals surface area contributed by atoms with Crippen molar-refractivity contribution in [3.8, 4) is 5.75 Å². The number of nitrogens with zero attached hydrogens (tertiary/aromatic N) is 1. The van der Waals surface area contributed by atoms with Gasteiger partial charge in [-0.1, -0.05) is 0 Å². The number of ether oxygens (including phenoxy) is 1. The molecule has 3 N–H and O–H groups in total. The molecule has 0 saturated heterocycles. The number of aliphatic hydroxyl groups is 1. The zero-order valence-electron chi connectivity index (χ0n) is 11.0. The molecule has 18 heavy (non-hydrogen) atoms. The summed E-state index contributed by atoms with van der Waals surface area (Å²) in [5, 5.41) is 9.60. The predicted octanol–water partition coefficient (Wildman–Crippen LogP) is 0.877. The molecule has 5 nitrogen and oxygen atoms in total. The van der Waals surface area contributed by atoms with Gasteiger partial charge < -0.3 is 20.5 Å². The van der Waals surface area contributed by atoms with Gasteiger partial charge in [-0.05, 0) is 38.1 Å². The van der Waals surface area contributed by atoms with Gasteiger partial charge in [0.2, 0.25) is 0 Å². The summed E-state index contributed by atoms with van der Waals surface area (Å²) < 4.78 is 5.33. The van der Waals surface area contributed by atoms with E-state index in [2.05, 4.69) is 0 Å². The van der Waals surface area contributed by atoms with E-state index in [9.17, 15) is 9.90 Å². The Morgan fingerprint density at radius 2 is 1.94 bits per heavy atom. The number of carbonyl (C=O) groups excluding carboxylic acids is 1. The molecule has 0 aliphatic heterocycles. The highest BCUT2D eigenvalue weighted by Crippen LogP contribution is 2.13. The van der Waals surface area contributed by atoms with E-state index in [4.69, 9.17) is 10.5 Å². The van der Waals surface area contributed by atoms with E-state index in [0.717, 1.165) is 0 Å². The molecule has 1 aromatic carbocycles. The molecule has 1 rings (SSSR count). The fraction of sp³-hybridized carbons (Fsp3) is 0.462. The maximum Gasteiger partial charge on any atom is 0.260 e.